The molecule has 5 rings (SSSR count). The van der Waals surface area contributed by atoms with Gasteiger partial charge in [-0.15, -0.1) is 0 Å². The number of halogens is 2. The van der Waals surface area contributed by atoms with E-state index in [4.69, 9.17) is 27.9 Å². The number of carbonyl (C=O) groups excluding carboxylic acids is 2. The number of hydrogen-bond donors (Lipinski definition) is 3. The zero-order valence-electron chi connectivity index (χ0n) is 23.5. The summed E-state index contributed by atoms with van der Waals surface area (Å²) in [4.78, 5) is 33.1. The molecule has 2 aliphatic heterocycles. The Morgan fingerprint density at radius 1 is 1.14 bits per heavy atom. The van der Waals surface area contributed by atoms with E-state index in [1.807, 2.05) is 67.4 Å². The fraction of sp³-hybridized carbons (Fsp3) is 0.258. The molecule has 2 aromatic carbocycles. The molecule has 42 heavy (non-hydrogen) atoms. The molecule has 0 bridgehead atoms. The molecule has 218 valence electrons. The standard InChI is InChI=1S/C31H32Cl2N6O3/c1-4-34-31(41)38-17-21(15-20-8-11-23(42-3)12-9-20)29-24(18-38)28(30(40)36-19(2)26-7-5-6-14-35-26)37-39(29)27-13-10-22(32)16-25(27)33/h5-16,19,28,37H,4,17-18H2,1-3H3,(H,34,41)(H,36,40)/b21-15+. The second-order valence-electron chi connectivity index (χ2n) is 9.99. The van der Waals surface area contributed by atoms with Crippen LogP contribution in [-0.4, -0.2) is 54.6 Å². The summed E-state index contributed by atoms with van der Waals surface area (Å²) in [5.41, 5.74) is 8.01. The molecule has 2 atom stereocenters. The third kappa shape index (κ3) is 6.23. The summed E-state index contributed by atoms with van der Waals surface area (Å²) < 4.78 is 5.32. The van der Waals surface area contributed by atoms with Gasteiger partial charge in [0.15, 0.2) is 0 Å². The van der Waals surface area contributed by atoms with Crippen molar-refractivity contribution < 1.29 is 14.3 Å². The number of carbonyl (C=O) groups is 2. The number of rotatable bonds is 7. The summed E-state index contributed by atoms with van der Waals surface area (Å²) in [6, 6.07) is 17.1. The lowest BCUT2D eigenvalue weighted by molar-refractivity contribution is -0.122. The number of amides is 3. The first-order valence-electron chi connectivity index (χ1n) is 13.6. The van der Waals surface area contributed by atoms with Crippen molar-refractivity contribution in [2.24, 2.45) is 0 Å². The van der Waals surface area contributed by atoms with Gasteiger partial charge in [-0.2, -0.15) is 0 Å². The maximum absolute atomic E-state index is 13.9. The van der Waals surface area contributed by atoms with Gasteiger partial charge in [0.2, 0.25) is 5.91 Å². The first-order chi connectivity index (χ1) is 20.3. The van der Waals surface area contributed by atoms with E-state index in [0.29, 0.717) is 28.8 Å². The van der Waals surface area contributed by atoms with E-state index in [-0.39, 0.29) is 24.5 Å². The van der Waals surface area contributed by atoms with Gasteiger partial charge in [-0.05, 0) is 73.5 Å². The average Bonchev–Trinajstić information content (AvgIpc) is 3.38. The number of nitrogens with one attached hydrogen (secondary N) is 3. The molecule has 0 radical (unpaired) electrons. The fourth-order valence-corrected chi connectivity index (χ4v) is 5.60. The molecule has 0 saturated carbocycles. The van der Waals surface area contributed by atoms with Crippen LogP contribution in [0.15, 0.2) is 83.7 Å². The molecular formula is C31H32Cl2N6O3. The monoisotopic (exact) mass is 606 g/mol. The molecule has 2 unspecified atom stereocenters. The predicted molar refractivity (Wildman–Crippen MR) is 165 cm³/mol. The topological polar surface area (TPSA) is 98.8 Å². The van der Waals surface area contributed by atoms with Crippen LogP contribution in [0, 0.1) is 0 Å². The maximum Gasteiger partial charge on any atom is 0.317 e. The molecule has 3 aromatic rings. The van der Waals surface area contributed by atoms with Crippen molar-refractivity contribution in [3.8, 4) is 5.75 Å². The molecule has 3 amide bonds. The highest BCUT2D eigenvalue weighted by molar-refractivity contribution is 6.36. The molecule has 9 nitrogen and oxygen atoms in total. The van der Waals surface area contributed by atoms with E-state index in [0.717, 1.165) is 33.9 Å². The van der Waals surface area contributed by atoms with Crippen molar-refractivity contribution in [1.29, 1.82) is 0 Å². The van der Waals surface area contributed by atoms with Crippen LogP contribution in [0.2, 0.25) is 10.0 Å². The summed E-state index contributed by atoms with van der Waals surface area (Å²) >= 11 is 12.9. The highest BCUT2D eigenvalue weighted by Crippen LogP contribution is 2.40. The van der Waals surface area contributed by atoms with Gasteiger partial charge in [-0.3, -0.25) is 14.8 Å². The molecule has 11 heteroatoms. The first-order valence-corrected chi connectivity index (χ1v) is 14.4. The third-order valence-electron chi connectivity index (χ3n) is 7.14. The molecule has 1 aromatic heterocycles. The van der Waals surface area contributed by atoms with Gasteiger partial charge in [0.1, 0.15) is 11.8 Å². The van der Waals surface area contributed by atoms with Gasteiger partial charge in [-0.1, -0.05) is 41.4 Å². The summed E-state index contributed by atoms with van der Waals surface area (Å²) in [5.74, 6) is 0.482. The molecule has 0 fully saturated rings. The molecule has 0 spiro atoms. The van der Waals surface area contributed by atoms with Gasteiger partial charge in [0.25, 0.3) is 0 Å². The van der Waals surface area contributed by atoms with Gasteiger partial charge < -0.3 is 20.3 Å². The Balaban J connectivity index is 1.60. The number of anilines is 1. The highest BCUT2D eigenvalue weighted by atomic mass is 35.5. The van der Waals surface area contributed by atoms with E-state index in [1.54, 1.807) is 36.4 Å². The van der Waals surface area contributed by atoms with Crippen LogP contribution in [0.5, 0.6) is 5.75 Å². The van der Waals surface area contributed by atoms with E-state index < -0.39 is 6.04 Å². The van der Waals surface area contributed by atoms with Crippen LogP contribution in [0.3, 0.4) is 0 Å². The number of hydrazine groups is 1. The van der Waals surface area contributed by atoms with Crippen LogP contribution in [0.1, 0.15) is 31.1 Å². The van der Waals surface area contributed by atoms with Crippen molar-refractivity contribution in [2.75, 3.05) is 31.8 Å². The van der Waals surface area contributed by atoms with Crippen LogP contribution in [-0.2, 0) is 4.79 Å². The molecular weight excluding hydrogens is 575 g/mol. The molecule has 0 saturated heterocycles. The van der Waals surface area contributed by atoms with Crippen LogP contribution in [0.4, 0.5) is 10.5 Å². The van der Waals surface area contributed by atoms with Crippen molar-refractivity contribution in [2.45, 2.75) is 25.9 Å². The maximum atomic E-state index is 13.9. The second-order valence-corrected chi connectivity index (χ2v) is 10.8. The highest BCUT2D eigenvalue weighted by Gasteiger charge is 2.43. The van der Waals surface area contributed by atoms with Gasteiger partial charge in [-0.25, -0.2) is 10.2 Å². The Kier molecular flexibility index (Phi) is 9.01. The number of benzene rings is 2. The van der Waals surface area contributed by atoms with Gasteiger partial charge in [0.05, 0.1) is 35.3 Å². The van der Waals surface area contributed by atoms with E-state index >= 15 is 0 Å². The zero-order chi connectivity index (χ0) is 29.8. The van der Waals surface area contributed by atoms with Crippen LogP contribution >= 0.6 is 23.2 Å². The minimum absolute atomic E-state index is 0.214. The van der Waals surface area contributed by atoms with Crippen LogP contribution < -0.4 is 25.8 Å². The number of nitrogens with zero attached hydrogens (tertiary/aromatic N) is 3. The molecule has 3 N–H and O–H groups in total. The molecule has 0 aliphatic carbocycles. The minimum atomic E-state index is -0.783. The van der Waals surface area contributed by atoms with Crippen molar-refractivity contribution in [1.82, 2.24) is 25.9 Å². The SMILES string of the molecule is CCNC(=O)N1CC2=C(/C(=C/c3ccc(OC)cc3)C1)N(c1ccc(Cl)cc1Cl)NC2C(=O)NC(C)c1ccccn1. The Labute approximate surface area is 255 Å². The lowest BCUT2D eigenvalue weighted by Crippen LogP contribution is -2.49. The summed E-state index contributed by atoms with van der Waals surface area (Å²) in [7, 11) is 1.62. The van der Waals surface area contributed by atoms with E-state index in [2.05, 4.69) is 21.0 Å². The number of methoxy groups -OCH3 is 1. The molecule has 3 heterocycles. The second kappa shape index (κ2) is 12.9. The Bertz CT molecular complexity index is 1530. The minimum Gasteiger partial charge on any atom is -0.497 e. The van der Waals surface area contributed by atoms with Crippen LogP contribution in [0.25, 0.3) is 6.08 Å². The number of hydrogen-bond acceptors (Lipinski definition) is 6. The number of ether oxygens (including phenoxy) is 1. The Morgan fingerprint density at radius 3 is 2.60 bits per heavy atom. The number of pyridine rings is 1. The van der Waals surface area contributed by atoms with Crippen molar-refractivity contribution in [3.05, 3.63) is 105 Å². The number of urea groups is 1. The molecule has 2 aliphatic rings. The van der Waals surface area contributed by atoms with Gasteiger partial charge in [0, 0.05) is 36.4 Å². The largest absolute Gasteiger partial charge is 0.497 e. The normalized spacial score (nSPS) is 18.1. The Hall–Kier alpha value is -4.05. The fourth-order valence-electron chi connectivity index (χ4n) is 5.10. The Morgan fingerprint density at radius 2 is 1.93 bits per heavy atom. The van der Waals surface area contributed by atoms with E-state index in [1.165, 1.54) is 0 Å². The van der Waals surface area contributed by atoms with Crippen molar-refractivity contribution >= 4 is 46.9 Å². The zero-order valence-corrected chi connectivity index (χ0v) is 25.0. The smallest absolute Gasteiger partial charge is 0.317 e. The summed E-state index contributed by atoms with van der Waals surface area (Å²) in [6.45, 7) is 4.80. The third-order valence-corrected chi connectivity index (χ3v) is 7.67. The lowest BCUT2D eigenvalue weighted by atomic mass is 9.94. The first kappa shape index (κ1) is 29.4. The van der Waals surface area contributed by atoms with E-state index in [9.17, 15) is 9.59 Å². The summed E-state index contributed by atoms with van der Waals surface area (Å²) in [5, 5.41) is 8.71. The average molecular weight is 608 g/mol. The van der Waals surface area contributed by atoms with Crippen molar-refractivity contribution in [3.63, 3.8) is 0 Å². The summed E-state index contributed by atoms with van der Waals surface area (Å²) in [6.07, 6.45) is 3.70. The number of aromatic nitrogens is 1. The lowest BCUT2D eigenvalue weighted by Gasteiger charge is -2.33. The van der Waals surface area contributed by atoms with Gasteiger partial charge >= 0.3 is 6.03 Å². The quantitative estimate of drug-likeness (QED) is 0.335. The predicted octanol–water partition coefficient (Wildman–Crippen LogP) is 5.35.